The number of pyridine rings is 1. The fourth-order valence-corrected chi connectivity index (χ4v) is 2.97. The summed E-state index contributed by atoms with van der Waals surface area (Å²) in [6, 6.07) is 3.25. The molecule has 21 heavy (non-hydrogen) atoms. The highest BCUT2D eigenvalue weighted by molar-refractivity contribution is 5.89. The lowest BCUT2D eigenvalue weighted by atomic mass is 9.86. The van der Waals surface area contributed by atoms with Gasteiger partial charge in [0.2, 0.25) is 6.79 Å². The van der Waals surface area contributed by atoms with Gasteiger partial charge in [0.25, 0.3) is 5.56 Å². The summed E-state index contributed by atoms with van der Waals surface area (Å²) in [4.78, 5) is 14.8. The van der Waals surface area contributed by atoms with Crippen LogP contribution in [0.2, 0.25) is 0 Å². The van der Waals surface area contributed by atoms with Gasteiger partial charge in [0.15, 0.2) is 11.5 Å². The second kappa shape index (κ2) is 4.20. The molecule has 0 radical (unpaired) electrons. The van der Waals surface area contributed by atoms with Gasteiger partial charge in [0, 0.05) is 6.42 Å². The summed E-state index contributed by atoms with van der Waals surface area (Å²) >= 11 is 0. The quantitative estimate of drug-likeness (QED) is 0.524. The second-order valence-electron chi connectivity index (χ2n) is 5.30. The van der Waals surface area contributed by atoms with E-state index in [9.17, 15) is 20.1 Å². The largest absolute Gasteiger partial charge is 0.454 e. The third kappa shape index (κ3) is 1.68. The van der Waals surface area contributed by atoms with E-state index >= 15 is 0 Å². The Kier molecular flexibility index (Phi) is 2.53. The Morgan fingerprint density at radius 1 is 1.10 bits per heavy atom. The fourth-order valence-electron chi connectivity index (χ4n) is 2.97. The zero-order valence-corrected chi connectivity index (χ0v) is 10.9. The van der Waals surface area contributed by atoms with Gasteiger partial charge in [-0.25, -0.2) is 0 Å². The molecule has 7 nitrogen and oxygen atoms in total. The normalized spacial score (nSPS) is 26.9. The third-order valence-electron chi connectivity index (χ3n) is 4.08. The molecule has 2 heterocycles. The highest BCUT2D eigenvalue weighted by Crippen LogP contribution is 2.39. The van der Waals surface area contributed by atoms with Crippen molar-refractivity contribution in [1.82, 2.24) is 4.98 Å². The van der Waals surface area contributed by atoms with Crippen molar-refractivity contribution in [3.05, 3.63) is 33.7 Å². The van der Waals surface area contributed by atoms with Crippen molar-refractivity contribution in [3.8, 4) is 11.5 Å². The number of fused-ring (bicyclic) bond motifs is 4. The van der Waals surface area contributed by atoms with Gasteiger partial charge in [0.1, 0.15) is 12.2 Å². The van der Waals surface area contributed by atoms with Crippen molar-refractivity contribution >= 4 is 10.8 Å². The Hall–Kier alpha value is -2.09. The molecule has 110 valence electrons. The lowest BCUT2D eigenvalue weighted by Gasteiger charge is -2.31. The first-order valence-corrected chi connectivity index (χ1v) is 6.59. The molecule has 4 rings (SSSR count). The Morgan fingerprint density at radius 2 is 1.76 bits per heavy atom. The van der Waals surface area contributed by atoms with Gasteiger partial charge >= 0.3 is 0 Å². The van der Waals surface area contributed by atoms with E-state index < -0.39 is 18.3 Å². The molecule has 0 saturated heterocycles. The van der Waals surface area contributed by atoms with Crippen molar-refractivity contribution in [3.63, 3.8) is 0 Å². The zero-order chi connectivity index (χ0) is 14.7. The standard InChI is InChI=1S/C14H13NO6/c16-8-1-6-5-2-9-10(21-4-20-9)3-7(5)14(19)15-11(6)13(18)12(8)17/h2-3,8,12-13,16-18H,1,4H2,(H,15,19). The molecule has 3 atom stereocenters. The van der Waals surface area contributed by atoms with Crippen LogP contribution in [0.15, 0.2) is 16.9 Å². The van der Waals surface area contributed by atoms with Crippen LogP contribution in [0.1, 0.15) is 17.4 Å². The summed E-state index contributed by atoms with van der Waals surface area (Å²) in [6.45, 7) is 0.0930. The van der Waals surface area contributed by atoms with Crippen molar-refractivity contribution in [2.24, 2.45) is 0 Å². The maximum atomic E-state index is 12.2. The summed E-state index contributed by atoms with van der Waals surface area (Å²) in [6.07, 6.45) is -3.60. The number of hydrogen-bond acceptors (Lipinski definition) is 6. The molecule has 7 heteroatoms. The SMILES string of the molecule is O=c1[nH]c2c(c3cc4c(cc13)OCO4)CC(O)C(O)C2O. The van der Waals surface area contributed by atoms with Gasteiger partial charge in [-0.1, -0.05) is 0 Å². The first kappa shape index (κ1) is 12.6. The Balaban J connectivity index is 2.05. The van der Waals surface area contributed by atoms with Crippen LogP contribution in [-0.4, -0.2) is 39.3 Å². The van der Waals surface area contributed by atoms with Crippen molar-refractivity contribution < 1.29 is 24.8 Å². The molecule has 1 aromatic carbocycles. The monoisotopic (exact) mass is 291 g/mol. The summed E-state index contributed by atoms with van der Waals surface area (Å²) in [7, 11) is 0. The second-order valence-corrected chi connectivity index (χ2v) is 5.30. The molecule has 4 N–H and O–H groups in total. The van der Waals surface area contributed by atoms with Crippen LogP contribution in [0.3, 0.4) is 0 Å². The lowest BCUT2D eigenvalue weighted by Crippen LogP contribution is -2.40. The van der Waals surface area contributed by atoms with E-state index in [0.29, 0.717) is 27.8 Å². The first-order valence-electron chi connectivity index (χ1n) is 6.59. The van der Waals surface area contributed by atoms with Gasteiger partial charge in [0.05, 0.1) is 17.2 Å². The first-order chi connectivity index (χ1) is 10.1. The van der Waals surface area contributed by atoms with E-state index in [1.54, 1.807) is 12.1 Å². The highest BCUT2D eigenvalue weighted by atomic mass is 16.7. The molecule has 2 aliphatic rings. The van der Waals surface area contributed by atoms with E-state index in [1.807, 2.05) is 0 Å². The predicted octanol–water partition coefficient (Wildman–Crippen LogP) is -0.432. The minimum atomic E-state index is -1.33. The molecule has 0 spiro atoms. The minimum absolute atomic E-state index is 0.0930. The number of nitrogens with one attached hydrogen (secondary N) is 1. The van der Waals surface area contributed by atoms with Crippen LogP contribution >= 0.6 is 0 Å². The molecule has 0 amide bonds. The summed E-state index contributed by atoms with van der Waals surface area (Å²) < 4.78 is 10.6. The number of benzene rings is 1. The van der Waals surface area contributed by atoms with Gasteiger partial charge in [-0.05, 0) is 23.1 Å². The van der Waals surface area contributed by atoms with Crippen LogP contribution in [-0.2, 0) is 6.42 Å². The smallest absolute Gasteiger partial charge is 0.256 e. The maximum Gasteiger partial charge on any atom is 0.256 e. The van der Waals surface area contributed by atoms with E-state index in [2.05, 4.69) is 4.98 Å². The van der Waals surface area contributed by atoms with E-state index in [1.165, 1.54) is 0 Å². The number of hydrogen-bond donors (Lipinski definition) is 4. The molecule has 1 aliphatic carbocycles. The molecule has 0 fully saturated rings. The van der Waals surface area contributed by atoms with Crippen LogP contribution in [0.25, 0.3) is 10.8 Å². The minimum Gasteiger partial charge on any atom is -0.454 e. The molecule has 2 aromatic rings. The van der Waals surface area contributed by atoms with Crippen LogP contribution in [0.5, 0.6) is 11.5 Å². The number of ether oxygens (including phenoxy) is 2. The average Bonchev–Trinajstić information content (AvgIpc) is 2.92. The number of aliphatic hydroxyl groups excluding tert-OH is 3. The molecular weight excluding hydrogens is 278 g/mol. The maximum absolute atomic E-state index is 12.2. The number of aromatic amines is 1. The third-order valence-corrected chi connectivity index (χ3v) is 4.08. The number of H-pyrrole nitrogens is 1. The fraction of sp³-hybridized carbons (Fsp3) is 0.357. The van der Waals surface area contributed by atoms with Gasteiger partial charge in [-0.2, -0.15) is 0 Å². The molecular formula is C14H13NO6. The molecule has 0 saturated carbocycles. The van der Waals surface area contributed by atoms with Crippen molar-refractivity contribution in [2.45, 2.75) is 24.7 Å². The van der Waals surface area contributed by atoms with Crippen LogP contribution < -0.4 is 15.0 Å². The summed E-state index contributed by atoms with van der Waals surface area (Å²) in [5, 5.41) is 30.6. The Labute approximate surface area is 118 Å². The molecule has 1 aliphatic heterocycles. The van der Waals surface area contributed by atoms with Crippen molar-refractivity contribution in [1.29, 1.82) is 0 Å². The lowest BCUT2D eigenvalue weighted by molar-refractivity contribution is -0.0702. The van der Waals surface area contributed by atoms with Crippen LogP contribution in [0.4, 0.5) is 0 Å². The number of rotatable bonds is 0. The van der Waals surface area contributed by atoms with Crippen LogP contribution in [0, 0.1) is 0 Å². The summed E-state index contributed by atoms with van der Waals surface area (Å²) in [5.41, 5.74) is 0.460. The van der Waals surface area contributed by atoms with E-state index in [-0.39, 0.29) is 24.5 Å². The molecule has 0 bridgehead atoms. The topological polar surface area (TPSA) is 112 Å². The van der Waals surface area contributed by atoms with Crippen molar-refractivity contribution in [2.75, 3.05) is 6.79 Å². The number of aromatic nitrogens is 1. The average molecular weight is 291 g/mol. The Bertz CT molecular complexity index is 798. The molecule has 3 unspecified atom stereocenters. The highest BCUT2D eigenvalue weighted by Gasteiger charge is 2.35. The van der Waals surface area contributed by atoms with Gasteiger partial charge < -0.3 is 29.8 Å². The van der Waals surface area contributed by atoms with Gasteiger partial charge in [-0.15, -0.1) is 0 Å². The molecule has 1 aromatic heterocycles. The van der Waals surface area contributed by atoms with Gasteiger partial charge in [-0.3, -0.25) is 4.79 Å². The van der Waals surface area contributed by atoms with E-state index in [4.69, 9.17) is 9.47 Å². The zero-order valence-electron chi connectivity index (χ0n) is 10.9. The summed E-state index contributed by atoms with van der Waals surface area (Å²) in [5.74, 6) is 1.01. The van der Waals surface area contributed by atoms with E-state index in [0.717, 1.165) is 0 Å². The predicted molar refractivity (Wildman–Crippen MR) is 71.4 cm³/mol. The Morgan fingerprint density at radius 3 is 2.48 bits per heavy atom. The number of aliphatic hydroxyl groups is 3.